The lowest BCUT2D eigenvalue weighted by Gasteiger charge is -2.02. The van der Waals surface area contributed by atoms with Crippen LogP contribution in [-0.2, 0) is 0 Å². The van der Waals surface area contributed by atoms with Crippen molar-refractivity contribution in [2.75, 3.05) is 6.26 Å². The lowest BCUT2D eigenvalue weighted by atomic mass is 10.2. The largest absolute Gasteiger partial charge is 0.426 e. The number of nitrogens with zero attached hydrogens (tertiary/aromatic N) is 3. The number of rotatable bonds is 3. The highest BCUT2D eigenvalue weighted by Gasteiger charge is 2.15. The maximum absolute atomic E-state index is 10.8. The van der Waals surface area contributed by atoms with E-state index in [1.54, 1.807) is 11.8 Å². The molecule has 0 bridgehead atoms. The quantitative estimate of drug-likeness (QED) is 0.346. The Kier molecular flexibility index (Phi) is 3.26. The fourth-order valence-electron chi connectivity index (χ4n) is 2.09. The average molecular weight is 301 g/mol. The zero-order valence-electron chi connectivity index (χ0n) is 11.1. The Labute approximate surface area is 124 Å². The molecular weight excluding hydrogens is 290 g/mol. The summed E-state index contributed by atoms with van der Waals surface area (Å²) in [7, 11) is 0. The van der Waals surface area contributed by atoms with Crippen LogP contribution in [-0.4, -0.2) is 26.1 Å². The Bertz CT molecular complexity index is 827. The number of non-ortho nitro benzene ring substituents is 1. The summed E-state index contributed by atoms with van der Waals surface area (Å²) in [6.45, 7) is 0. The van der Waals surface area contributed by atoms with Gasteiger partial charge in [-0.05, 0) is 24.5 Å². The van der Waals surface area contributed by atoms with Crippen LogP contribution in [0.15, 0.2) is 47.4 Å². The van der Waals surface area contributed by atoms with E-state index in [-0.39, 0.29) is 5.69 Å². The Balaban J connectivity index is 2.14. The molecule has 3 aromatic rings. The molecule has 0 aliphatic carbocycles. The molecule has 21 heavy (non-hydrogen) atoms. The minimum absolute atomic E-state index is 0.0815. The third-order valence-electron chi connectivity index (χ3n) is 3.17. The molecule has 0 amide bonds. The summed E-state index contributed by atoms with van der Waals surface area (Å²) in [5, 5.41) is 21.0. The normalized spacial score (nSPS) is 10.9. The van der Waals surface area contributed by atoms with Crippen LogP contribution in [0.5, 0.6) is 0 Å². The number of benzene rings is 2. The smallest absolute Gasteiger partial charge is 0.271 e. The van der Waals surface area contributed by atoms with E-state index in [1.807, 2.05) is 30.5 Å². The number of imidazole rings is 1. The van der Waals surface area contributed by atoms with Gasteiger partial charge in [0, 0.05) is 22.6 Å². The Morgan fingerprint density at radius 1 is 1.24 bits per heavy atom. The summed E-state index contributed by atoms with van der Waals surface area (Å²) >= 11 is 1.62. The van der Waals surface area contributed by atoms with Gasteiger partial charge in [-0.15, -0.1) is 11.8 Å². The van der Waals surface area contributed by atoms with Gasteiger partial charge in [-0.3, -0.25) is 10.1 Å². The number of nitro benzene ring substituents is 1. The number of hydrogen-bond acceptors (Lipinski definition) is 5. The summed E-state index contributed by atoms with van der Waals surface area (Å²) < 4.78 is 0.885. The molecule has 0 unspecified atom stereocenters. The highest BCUT2D eigenvalue weighted by Crippen LogP contribution is 2.27. The number of fused-ring (bicyclic) bond motifs is 1. The SMILES string of the molecule is CSc1ccc(-c2nc3ccc([N+](=O)[O-])cc3n2O)cc1. The molecule has 0 saturated heterocycles. The van der Waals surface area contributed by atoms with Crippen molar-refractivity contribution in [2.45, 2.75) is 4.90 Å². The monoisotopic (exact) mass is 301 g/mol. The van der Waals surface area contributed by atoms with E-state index in [1.165, 1.54) is 18.2 Å². The van der Waals surface area contributed by atoms with Crippen molar-refractivity contribution in [1.29, 1.82) is 0 Å². The van der Waals surface area contributed by atoms with Crippen molar-refractivity contribution in [3.05, 3.63) is 52.6 Å². The minimum atomic E-state index is -0.501. The first-order valence-electron chi connectivity index (χ1n) is 6.10. The van der Waals surface area contributed by atoms with Gasteiger partial charge in [-0.2, -0.15) is 4.73 Å². The number of thioether (sulfide) groups is 1. The predicted octanol–water partition coefficient (Wildman–Crippen LogP) is 3.57. The fraction of sp³-hybridized carbons (Fsp3) is 0.0714. The standard InChI is InChI=1S/C14H11N3O3S/c1-21-11-5-2-9(3-6-11)14-15-12-7-4-10(17(19)20)8-13(12)16(14)18/h2-8,18H,1H3. The topological polar surface area (TPSA) is 81.2 Å². The van der Waals surface area contributed by atoms with E-state index in [9.17, 15) is 15.3 Å². The van der Waals surface area contributed by atoms with Gasteiger partial charge in [0.1, 0.15) is 5.52 Å². The lowest BCUT2D eigenvalue weighted by molar-refractivity contribution is -0.384. The van der Waals surface area contributed by atoms with E-state index in [4.69, 9.17) is 0 Å². The maximum Gasteiger partial charge on any atom is 0.271 e. The van der Waals surface area contributed by atoms with Crippen molar-refractivity contribution in [3.8, 4) is 11.4 Å². The Morgan fingerprint density at radius 3 is 2.57 bits per heavy atom. The third kappa shape index (κ3) is 2.31. The second-order valence-electron chi connectivity index (χ2n) is 4.41. The summed E-state index contributed by atoms with van der Waals surface area (Å²) in [6, 6.07) is 11.8. The van der Waals surface area contributed by atoms with Crippen molar-refractivity contribution in [3.63, 3.8) is 0 Å². The van der Waals surface area contributed by atoms with Gasteiger partial charge in [0.25, 0.3) is 5.69 Å². The molecule has 0 atom stereocenters. The van der Waals surface area contributed by atoms with E-state index < -0.39 is 4.92 Å². The van der Waals surface area contributed by atoms with Crippen molar-refractivity contribution >= 4 is 28.5 Å². The number of nitro groups is 1. The van der Waals surface area contributed by atoms with Crippen LogP contribution in [0.2, 0.25) is 0 Å². The molecule has 1 N–H and O–H groups in total. The molecule has 7 heteroatoms. The fourth-order valence-corrected chi connectivity index (χ4v) is 2.50. The summed E-state index contributed by atoms with van der Waals surface area (Å²) in [6.07, 6.45) is 1.98. The van der Waals surface area contributed by atoms with Gasteiger partial charge < -0.3 is 5.21 Å². The predicted molar refractivity (Wildman–Crippen MR) is 80.8 cm³/mol. The first kappa shape index (κ1) is 13.4. The van der Waals surface area contributed by atoms with Crippen molar-refractivity contribution in [2.24, 2.45) is 0 Å². The van der Waals surface area contributed by atoms with Crippen LogP contribution < -0.4 is 0 Å². The number of aromatic nitrogens is 2. The summed E-state index contributed by atoms with van der Waals surface area (Å²) in [4.78, 5) is 15.7. The van der Waals surface area contributed by atoms with Gasteiger partial charge >= 0.3 is 0 Å². The van der Waals surface area contributed by atoms with Crippen molar-refractivity contribution in [1.82, 2.24) is 9.71 Å². The van der Waals surface area contributed by atoms with Crippen LogP contribution in [0.3, 0.4) is 0 Å². The molecule has 106 valence electrons. The van der Waals surface area contributed by atoms with Gasteiger partial charge in [-0.25, -0.2) is 4.98 Å². The van der Waals surface area contributed by atoms with Crippen LogP contribution >= 0.6 is 11.8 Å². The molecule has 1 aromatic heterocycles. The van der Waals surface area contributed by atoms with Gasteiger partial charge in [0.05, 0.1) is 10.4 Å². The maximum atomic E-state index is 10.8. The molecule has 0 fully saturated rings. The first-order valence-corrected chi connectivity index (χ1v) is 7.33. The Morgan fingerprint density at radius 2 is 1.95 bits per heavy atom. The molecule has 0 saturated carbocycles. The second-order valence-corrected chi connectivity index (χ2v) is 5.29. The molecule has 0 radical (unpaired) electrons. The molecule has 3 rings (SSSR count). The molecule has 0 spiro atoms. The zero-order valence-corrected chi connectivity index (χ0v) is 11.9. The molecule has 0 aliphatic rings. The van der Waals surface area contributed by atoms with E-state index >= 15 is 0 Å². The van der Waals surface area contributed by atoms with Crippen LogP contribution in [0.25, 0.3) is 22.4 Å². The van der Waals surface area contributed by atoms with Crippen molar-refractivity contribution < 1.29 is 10.1 Å². The highest BCUT2D eigenvalue weighted by molar-refractivity contribution is 7.98. The summed E-state index contributed by atoms with van der Waals surface area (Å²) in [5.74, 6) is 0.359. The molecule has 6 nitrogen and oxygen atoms in total. The number of hydrogen-bond donors (Lipinski definition) is 1. The second kappa shape index (κ2) is 5.10. The highest BCUT2D eigenvalue weighted by atomic mass is 32.2. The van der Waals surface area contributed by atoms with Crippen LogP contribution in [0.4, 0.5) is 5.69 Å². The first-order chi connectivity index (χ1) is 10.1. The molecular formula is C14H11N3O3S. The van der Waals surface area contributed by atoms with E-state index in [2.05, 4.69) is 4.98 Å². The van der Waals surface area contributed by atoms with Crippen LogP contribution in [0.1, 0.15) is 0 Å². The Hall–Kier alpha value is -2.54. The van der Waals surface area contributed by atoms with Gasteiger partial charge in [0.2, 0.25) is 0 Å². The third-order valence-corrected chi connectivity index (χ3v) is 3.92. The average Bonchev–Trinajstić information content (AvgIpc) is 2.84. The lowest BCUT2D eigenvalue weighted by Crippen LogP contribution is -1.94. The van der Waals surface area contributed by atoms with E-state index in [0.717, 1.165) is 15.2 Å². The molecule has 0 aliphatic heterocycles. The minimum Gasteiger partial charge on any atom is -0.426 e. The molecule has 1 heterocycles. The molecule has 2 aromatic carbocycles. The van der Waals surface area contributed by atoms with Crippen LogP contribution in [0, 0.1) is 10.1 Å². The van der Waals surface area contributed by atoms with E-state index in [0.29, 0.717) is 16.9 Å². The summed E-state index contributed by atoms with van der Waals surface area (Å²) in [5.41, 5.74) is 1.48. The zero-order chi connectivity index (χ0) is 15.0. The van der Waals surface area contributed by atoms with Gasteiger partial charge in [-0.1, -0.05) is 12.1 Å². The van der Waals surface area contributed by atoms with Gasteiger partial charge in [0.15, 0.2) is 5.82 Å².